The molecule has 0 saturated carbocycles. The van der Waals surface area contributed by atoms with Gasteiger partial charge in [-0.25, -0.2) is 9.97 Å². The van der Waals surface area contributed by atoms with Crippen LogP contribution in [0.25, 0.3) is 10.9 Å². The van der Waals surface area contributed by atoms with Crippen molar-refractivity contribution in [1.29, 1.82) is 0 Å². The lowest BCUT2D eigenvalue weighted by molar-refractivity contribution is 0.687. The summed E-state index contributed by atoms with van der Waals surface area (Å²) >= 11 is 0. The van der Waals surface area contributed by atoms with Crippen molar-refractivity contribution in [3.8, 4) is 0 Å². The van der Waals surface area contributed by atoms with Gasteiger partial charge < -0.3 is 11.1 Å². The van der Waals surface area contributed by atoms with Crippen LogP contribution < -0.4 is 11.1 Å². The van der Waals surface area contributed by atoms with Gasteiger partial charge in [0, 0.05) is 40.4 Å². The lowest BCUT2D eigenvalue weighted by Gasteiger charge is -2.07. The predicted octanol–water partition coefficient (Wildman–Crippen LogP) is 1.00. The van der Waals surface area contributed by atoms with Gasteiger partial charge in [0.1, 0.15) is 12.1 Å². The summed E-state index contributed by atoms with van der Waals surface area (Å²) in [6.07, 6.45) is 3.17. The molecule has 0 aliphatic carbocycles. The van der Waals surface area contributed by atoms with E-state index < -0.39 is 10.8 Å². The van der Waals surface area contributed by atoms with E-state index in [0.29, 0.717) is 18.0 Å². The summed E-state index contributed by atoms with van der Waals surface area (Å²) < 4.78 is 11.0. The Hall–Kier alpha value is -1.69. The Bertz CT molecular complexity index is 558. The van der Waals surface area contributed by atoms with Crippen molar-refractivity contribution in [2.75, 3.05) is 29.6 Å². The van der Waals surface area contributed by atoms with Crippen LogP contribution in [-0.2, 0) is 10.8 Å². The molecule has 90 valence electrons. The summed E-state index contributed by atoms with van der Waals surface area (Å²) in [5, 5.41) is 4.07. The zero-order valence-corrected chi connectivity index (χ0v) is 10.3. The fourth-order valence-electron chi connectivity index (χ4n) is 1.53. The van der Waals surface area contributed by atoms with Crippen LogP contribution in [0.1, 0.15) is 0 Å². The molecular weight excluding hydrogens is 236 g/mol. The Kier molecular flexibility index (Phi) is 3.53. The second kappa shape index (κ2) is 5.09. The van der Waals surface area contributed by atoms with E-state index in [1.165, 1.54) is 6.33 Å². The van der Waals surface area contributed by atoms with E-state index in [2.05, 4.69) is 15.3 Å². The number of anilines is 2. The van der Waals surface area contributed by atoms with Gasteiger partial charge in [0.25, 0.3) is 0 Å². The van der Waals surface area contributed by atoms with E-state index in [0.717, 1.165) is 16.7 Å². The molecule has 17 heavy (non-hydrogen) atoms. The van der Waals surface area contributed by atoms with Crippen LogP contribution in [0.2, 0.25) is 0 Å². The van der Waals surface area contributed by atoms with Crippen LogP contribution in [0.15, 0.2) is 24.5 Å². The molecule has 3 N–H and O–H groups in total. The Morgan fingerprint density at radius 3 is 3.00 bits per heavy atom. The summed E-state index contributed by atoms with van der Waals surface area (Å²) in [4.78, 5) is 8.33. The molecule has 1 aromatic carbocycles. The molecule has 2 rings (SSSR count). The molecule has 1 heterocycles. The van der Waals surface area contributed by atoms with Crippen LogP contribution in [0, 0.1) is 0 Å². The van der Waals surface area contributed by atoms with E-state index >= 15 is 0 Å². The summed E-state index contributed by atoms with van der Waals surface area (Å²) in [6, 6.07) is 5.50. The number of nitrogens with one attached hydrogen (secondary N) is 1. The minimum absolute atomic E-state index is 0.598. The third kappa shape index (κ3) is 2.91. The molecule has 0 bridgehead atoms. The topological polar surface area (TPSA) is 80.9 Å². The third-order valence-electron chi connectivity index (χ3n) is 2.34. The predicted molar refractivity (Wildman–Crippen MR) is 71.4 cm³/mol. The summed E-state index contributed by atoms with van der Waals surface area (Å²) in [5.41, 5.74) is 7.18. The van der Waals surface area contributed by atoms with Gasteiger partial charge in [-0.15, -0.1) is 0 Å². The molecule has 2 aromatic rings. The highest BCUT2D eigenvalue weighted by atomic mass is 32.2. The monoisotopic (exact) mass is 250 g/mol. The minimum Gasteiger partial charge on any atom is -0.399 e. The maximum absolute atomic E-state index is 11.0. The fourth-order valence-corrected chi connectivity index (χ4v) is 1.92. The van der Waals surface area contributed by atoms with Gasteiger partial charge in [-0.3, -0.25) is 4.21 Å². The van der Waals surface area contributed by atoms with Crippen molar-refractivity contribution < 1.29 is 4.21 Å². The maximum atomic E-state index is 11.0. The number of nitrogens with two attached hydrogens (primary N) is 1. The van der Waals surface area contributed by atoms with Gasteiger partial charge in [0.05, 0.1) is 5.52 Å². The average molecular weight is 250 g/mol. The van der Waals surface area contributed by atoms with E-state index in [9.17, 15) is 4.21 Å². The average Bonchev–Trinajstić information content (AvgIpc) is 2.28. The van der Waals surface area contributed by atoms with Gasteiger partial charge >= 0.3 is 0 Å². The summed E-state index contributed by atoms with van der Waals surface area (Å²) in [6.45, 7) is 0.625. The van der Waals surface area contributed by atoms with Crippen LogP contribution in [0.3, 0.4) is 0 Å². The van der Waals surface area contributed by atoms with Crippen molar-refractivity contribution in [2.45, 2.75) is 0 Å². The standard InChI is InChI=1S/C11H14N4OS/c1-17(16)5-4-13-11-9-3-2-8(12)6-10(9)14-7-15-11/h2-3,6-7H,4-5,12H2,1H3,(H,13,14,15). The molecule has 5 nitrogen and oxygen atoms in total. The lowest BCUT2D eigenvalue weighted by Crippen LogP contribution is -2.11. The molecule has 0 spiro atoms. The minimum atomic E-state index is -0.803. The largest absolute Gasteiger partial charge is 0.399 e. The lowest BCUT2D eigenvalue weighted by atomic mass is 10.2. The van der Waals surface area contributed by atoms with Gasteiger partial charge in [-0.2, -0.15) is 0 Å². The molecule has 1 aromatic heterocycles. The number of rotatable bonds is 4. The van der Waals surface area contributed by atoms with E-state index in [-0.39, 0.29) is 0 Å². The molecule has 0 aliphatic rings. The Morgan fingerprint density at radius 2 is 2.24 bits per heavy atom. The second-order valence-corrected chi connectivity index (χ2v) is 5.26. The number of nitrogen functional groups attached to an aromatic ring is 1. The van der Waals surface area contributed by atoms with Crippen molar-refractivity contribution in [2.24, 2.45) is 0 Å². The number of hydrogen-bond acceptors (Lipinski definition) is 5. The molecule has 1 atom stereocenters. The molecule has 0 fully saturated rings. The number of nitrogens with zero attached hydrogens (tertiary/aromatic N) is 2. The number of aromatic nitrogens is 2. The summed E-state index contributed by atoms with van der Waals surface area (Å²) in [7, 11) is -0.803. The molecule has 0 aliphatic heterocycles. The van der Waals surface area contributed by atoms with Crippen molar-refractivity contribution >= 4 is 33.2 Å². The van der Waals surface area contributed by atoms with Crippen LogP contribution in [0.4, 0.5) is 11.5 Å². The Labute approximate surface area is 102 Å². The number of hydrogen-bond donors (Lipinski definition) is 2. The van der Waals surface area contributed by atoms with Crippen LogP contribution in [-0.4, -0.2) is 32.7 Å². The van der Waals surface area contributed by atoms with Crippen LogP contribution >= 0.6 is 0 Å². The Balaban J connectivity index is 2.25. The maximum Gasteiger partial charge on any atom is 0.137 e. The molecule has 6 heteroatoms. The SMILES string of the molecule is CS(=O)CCNc1ncnc2cc(N)ccc12. The quantitative estimate of drug-likeness (QED) is 0.791. The first kappa shape index (κ1) is 11.8. The first-order valence-corrected chi connectivity index (χ1v) is 6.93. The zero-order chi connectivity index (χ0) is 12.3. The highest BCUT2D eigenvalue weighted by Crippen LogP contribution is 2.20. The van der Waals surface area contributed by atoms with Gasteiger partial charge in [-0.05, 0) is 18.2 Å². The first-order chi connectivity index (χ1) is 8.16. The Morgan fingerprint density at radius 1 is 1.41 bits per heavy atom. The zero-order valence-electron chi connectivity index (χ0n) is 9.51. The smallest absolute Gasteiger partial charge is 0.137 e. The van der Waals surface area contributed by atoms with Crippen molar-refractivity contribution in [3.05, 3.63) is 24.5 Å². The van der Waals surface area contributed by atoms with Crippen molar-refractivity contribution in [1.82, 2.24) is 9.97 Å². The number of benzene rings is 1. The van der Waals surface area contributed by atoms with Crippen molar-refractivity contribution in [3.63, 3.8) is 0 Å². The van der Waals surface area contributed by atoms with E-state index in [1.54, 1.807) is 12.3 Å². The van der Waals surface area contributed by atoms with E-state index in [4.69, 9.17) is 5.73 Å². The third-order valence-corrected chi connectivity index (χ3v) is 3.12. The van der Waals surface area contributed by atoms with Gasteiger partial charge in [0.15, 0.2) is 0 Å². The van der Waals surface area contributed by atoms with Gasteiger partial charge in [0.2, 0.25) is 0 Å². The fraction of sp³-hybridized carbons (Fsp3) is 0.273. The summed E-state index contributed by atoms with van der Waals surface area (Å²) in [5.74, 6) is 1.35. The molecule has 0 amide bonds. The highest BCUT2D eigenvalue weighted by Gasteiger charge is 2.03. The molecular formula is C11H14N4OS. The first-order valence-electron chi connectivity index (χ1n) is 5.21. The van der Waals surface area contributed by atoms with Gasteiger partial charge in [-0.1, -0.05) is 0 Å². The van der Waals surface area contributed by atoms with Crippen LogP contribution in [0.5, 0.6) is 0 Å². The number of fused-ring (bicyclic) bond motifs is 1. The molecule has 0 radical (unpaired) electrons. The normalized spacial score (nSPS) is 12.5. The molecule has 0 saturated heterocycles. The second-order valence-electron chi connectivity index (χ2n) is 3.70. The highest BCUT2D eigenvalue weighted by molar-refractivity contribution is 7.84. The van der Waals surface area contributed by atoms with E-state index in [1.807, 2.05) is 12.1 Å². The molecule has 1 unspecified atom stereocenters.